The molecule has 4 aromatic rings. The van der Waals surface area contributed by atoms with Crippen molar-refractivity contribution in [3.8, 4) is 11.3 Å². The molecule has 28 heavy (non-hydrogen) atoms. The molecule has 0 spiro atoms. The van der Waals surface area contributed by atoms with Crippen LogP contribution < -0.4 is 10.9 Å². The smallest absolute Gasteiger partial charge is 0.272 e. The number of aromatic nitrogens is 3. The Morgan fingerprint density at radius 1 is 1.14 bits per heavy atom. The maximum absolute atomic E-state index is 12.4. The highest BCUT2D eigenvalue weighted by atomic mass is 35.5. The SMILES string of the molecule is O=C(Cc1n[nH]c(=O)c2ccccc12)Nc1nc(-c2ccc(Cl)cc2Cl)cs1. The minimum absolute atomic E-state index is 0.00784. The van der Waals surface area contributed by atoms with E-state index in [0.717, 1.165) is 5.56 Å². The number of thiazole rings is 1. The summed E-state index contributed by atoms with van der Waals surface area (Å²) in [7, 11) is 0. The van der Waals surface area contributed by atoms with Gasteiger partial charge in [0.2, 0.25) is 5.91 Å². The van der Waals surface area contributed by atoms with Crippen molar-refractivity contribution in [2.45, 2.75) is 6.42 Å². The lowest BCUT2D eigenvalue weighted by Crippen LogP contribution is -2.18. The van der Waals surface area contributed by atoms with Crippen molar-refractivity contribution in [2.75, 3.05) is 5.32 Å². The van der Waals surface area contributed by atoms with E-state index >= 15 is 0 Å². The molecule has 6 nitrogen and oxygen atoms in total. The molecule has 0 aliphatic rings. The first-order chi connectivity index (χ1) is 13.5. The molecule has 0 unspecified atom stereocenters. The summed E-state index contributed by atoms with van der Waals surface area (Å²) in [6.07, 6.45) is 0.00784. The first kappa shape index (κ1) is 18.6. The van der Waals surface area contributed by atoms with Crippen LogP contribution in [0.2, 0.25) is 10.0 Å². The van der Waals surface area contributed by atoms with Gasteiger partial charge in [0, 0.05) is 21.4 Å². The third-order valence-electron chi connectivity index (χ3n) is 4.06. The maximum atomic E-state index is 12.4. The molecule has 9 heteroatoms. The van der Waals surface area contributed by atoms with Gasteiger partial charge in [-0.25, -0.2) is 10.1 Å². The van der Waals surface area contributed by atoms with Crippen molar-refractivity contribution >= 4 is 56.3 Å². The standard InChI is InChI=1S/C19H12Cl2N4O2S/c20-10-5-6-13(14(21)7-10)16-9-28-19(22-16)23-17(26)8-15-11-3-1-2-4-12(11)18(27)25-24-15/h1-7,9H,8H2,(H,25,27)(H,22,23,26). The predicted molar refractivity (Wildman–Crippen MR) is 112 cm³/mol. The molecule has 0 saturated carbocycles. The minimum atomic E-state index is -0.288. The highest BCUT2D eigenvalue weighted by Crippen LogP contribution is 2.32. The molecule has 2 aromatic carbocycles. The van der Waals surface area contributed by atoms with Crippen molar-refractivity contribution in [1.82, 2.24) is 15.2 Å². The van der Waals surface area contributed by atoms with Crippen LogP contribution in [0.1, 0.15) is 5.69 Å². The zero-order valence-corrected chi connectivity index (χ0v) is 16.5. The van der Waals surface area contributed by atoms with Crippen LogP contribution in [-0.4, -0.2) is 21.1 Å². The monoisotopic (exact) mass is 430 g/mol. The van der Waals surface area contributed by atoms with Crippen LogP contribution in [0.3, 0.4) is 0 Å². The Hall–Kier alpha value is -2.74. The fourth-order valence-corrected chi connectivity index (χ4v) is 4.01. The summed E-state index contributed by atoms with van der Waals surface area (Å²) in [6, 6.07) is 12.2. The summed E-state index contributed by atoms with van der Waals surface area (Å²) >= 11 is 13.4. The quantitative estimate of drug-likeness (QED) is 0.497. The normalized spacial score (nSPS) is 10.9. The number of nitrogens with one attached hydrogen (secondary N) is 2. The second-order valence-electron chi connectivity index (χ2n) is 5.93. The van der Waals surface area contributed by atoms with Crippen LogP contribution in [-0.2, 0) is 11.2 Å². The highest BCUT2D eigenvalue weighted by molar-refractivity contribution is 7.14. The van der Waals surface area contributed by atoms with Gasteiger partial charge in [-0.1, -0.05) is 41.4 Å². The number of halogens is 2. The van der Waals surface area contributed by atoms with E-state index in [2.05, 4.69) is 20.5 Å². The number of hydrogen-bond acceptors (Lipinski definition) is 5. The molecule has 140 valence electrons. The van der Waals surface area contributed by atoms with Gasteiger partial charge < -0.3 is 5.32 Å². The zero-order chi connectivity index (χ0) is 19.7. The van der Waals surface area contributed by atoms with Gasteiger partial charge in [-0.15, -0.1) is 11.3 Å². The number of amides is 1. The number of H-pyrrole nitrogens is 1. The van der Waals surface area contributed by atoms with Crippen molar-refractivity contribution in [2.24, 2.45) is 0 Å². The Labute approximate surface area is 173 Å². The van der Waals surface area contributed by atoms with Crippen molar-refractivity contribution < 1.29 is 4.79 Å². The molecule has 2 heterocycles. The number of nitrogens with zero attached hydrogens (tertiary/aromatic N) is 2. The number of benzene rings is 2. The molecule has 0 bridgehead atoms. The number of carbonyl (C=O) groups is 1. The maximum Gasteiger partial charge on any atom is 0.272 e. The number of carbonyl (C=O) groups excluding carboxylic acids is 1. The number of fused-ring (bicyclic) bond motifs is 1. The van der Waals surface area contributed by atoms with Gasteiger partial charge in [-0.2, -0.15) is 5.10 Å². The first-order valence-electron chi connectivity index (χ1n) is 8.18. The summed E-state index contributed by atoms with van der Waals surface area (Å²) in [5.74, 6) is -0.284. The van der Waals surface area contributed by atoms with Gasteiger partial charge in [0.25, 0.3) is 5.56 Å². The minimum Gasteiger partial charge on any atom is -0.302 e. The van der Waals surface area contributed by atoms with Crippen LogP contribution in [0.5, 0.6) is 0 Å². The lowest BCUT2D eigenvalue weighted by Gasteiger charge is -2.05. The second-order valence-corrected chi connectivity index (χ2v) is 7.63. The fraction of sp³-hybridized carbons (Fsp3) is 0.0526. The van der Waals surface area contributed by atoms with Gasteiger partial charge in [0.05, 0.1) is 28.2 Å². The first-order valence-corrected chi connectivity index (χ1v) is 9.82. The van der Waals surface area contributed by atoms with Gasteiger partial charge >= 0.3 is 0 Å². The average molecular weight is 431 g/mol. The molecule has 2 N–H and O–H groups in total. The predicted octanol–water partition coefficient (Wildman–Crippen LogP) is 4.53. The van der Waals surface area contributed by atoms with E-state index in [-0.39, 0.29) is 17.9 Å². The van der Waals surface area contributed by atoms with Crippen molar-refractivity contribution in [3.05, 3.63) is 73.9 Å². The molecule has 4 rings (SSSR count). The molecule has 0 saturated heterocycles. The summed E-state index contributed by atoms with van der Waals surface area (Å²) in [5, 5.41) is 13.6. The molecule has 1 amide bonds. The van der Waals surface area contributed by atoms with E-state index in [1.54, 1.807) is 47.8 Å². The van der Waals surface area contributed by atoms with Gasteiger partial charge in [0.1, 0.15) is 0 Å². The summed E-state index contributed by atoms with van der Waals surface area (Å²) in [6.45, 7) is 0. The van der Waals surface area contributed by atoms with Crippen molar-refractivity contribution in [3.63, 3.8) is 0 Å². The largest absolute Gasteiger partial charge is 0.302 e. The van der Waals surface area contributed by atoms with E-state index in [1.165, 1.54) is 11.3 Å². The molecular formula is C19H12Cl2N4O2S. The third-order valence-corrected chi connectivity index (χ3v) is 5.37. The lowest BCUT2D eigenvalue weighted by molar-refractivity contribution is -0.115. The number of rotatable bonds is 4. The van der Waals surface area contributed by atoms with Gasteiger partial charge in [0.15, 0.2) is 5.13 Å². The number of aromatic amines is 1. The Morgan fingerprint density at radius 3 is 2.71 bits per heavy atom. The Bertz CT molecular complexity index is 1250. The highest BCUT2D eigenvalue weighted by Gasteiger charge is 2.14. The van der Waals surface area contributed by atoms with Gasteiger partial charge in [-0.3, -0.25) is 9.59 Å². The van der Waals surface area contributed by atoms with Crippen LogP contribution >= 0.6 is 34.5 Å². The van der Waals surface area contributed by atoms with Crippen LogP contribution in [0, 0.1) is 0 Å². The molecular weight excluding hydrogens is 419 g/mol. The zero-order valence-electron chi connectivity index (χ0n) is 14.2. The van der Waals surface area contributed by atoms with E-state index in [9.17, 15) is 9.59 Å². The number of anilines is 1. The third kappa shape index (κ3) is 3.77. The van der Waals surface area contributed by atoms with E-state index in [4.69, 9.17) is 23.2 Å². The second kappa shape index (κ2) is 7.71. The van der Waals surface area contributed by atoms with E-state index in [0.29, 0.717) is 37.3 Å². The average Bonchev–Trinajstić information content (AvgIpc) is 3.12. The lowest BCUT2D eigenvalue weighted by atomic mass is 10.1. The van der Waals surface area contributed by atoms with E-state index in [1.807, 2.05) is 0 Å². The fourth-order valence-electron chi connectivity index (χ4n) is 2.77. The van der Waals surface area contributed by atoms with Crippen LogP contribution in [0.25, 0.3) is 22.0 Å². The van der Waals surface area contributed by atoms with Crippen LogP contribution in [0.4, 0.5) is 5.13 Å². The summed E-state index contributed by atoms with van der Waals surface area (Å²) in [4.78, 5) is 28.7. The molecule has 0 radical (unpaired) electrons. The summed E-state index contributed by atoms with van der Waals surface area (Å²) < 4.78 is 0. The molecule has 0 aliphatic carbocycles. The Balaban J connectivity index is 1.53. The molecule has 2 aromatic heterocycles. The van der Waals surface area contributed by atoms with E-state index < -0.39 is 0 Å². The Kier molecular flexibility index (Phi) is 5.13. The van der Waals surface area contributed by atoms with Crippen LogP contribution in [0.15, 0.2) is 52.6 Å². The molecule has 0 atom stereocenters. The Morgan fingerprint density at radius 2 is 1.93 bits per heavy atom. The number of hydrogen-bond donors (Lipinski definition) is 2. The summed E-state index contributed by atoms with van der Waals surface area (Å²) in [5.41, 5.74) is 1.58. The molecule has 0 aliphatic heterocycles. The van der Waals surface area contributed by atoms with Gasteiger partial charge in [-0.05, 0) is 24.3 Å². The molecule has 0 fully saturated rings. The van der Waals surface area contributed by atoms with Crippen molar-refractivity contribution in [1.29, 1.82) is 0 Å². The topological polar surface area (TPSA) is 87.7 Å².